The predicted octanol–water partition coefficient (Wildman–Crippen LogP) is 1.41. The zero-order valence-electron chi connectivity index (χ0n) is 14.3. The van der Waals surface area contributed by atoms with Gasteiger partial charge < -0.3 is 10.0 Å². The van der Waals surface area contributed by atoms with E-state index in [2.05, 4.69) is 35.8 Å². The lowest BCUT2D eigenvalue weighted by atomic mass is 9.84. The second kappa shape index (κ2) is 6.69. The molecule has 0 radical (unpaired) electrons. The molecule has 3 rings (SSSR count). The molecule has 22 heavy (non-hydrogen) atoms. The van der Waals surface area contributed by atoms with Gasteiger partial charge in [0.05, 0.1) is 18.8 Å². The van der Waals surface area contributed by atoms with Crippen LogP contribution in [0.2, 0.25) is 0 Å². The fourth-order valence-corrected chi connectivity index (χ4v) is 4.37. The van der Waals surface area contributed by atoms with Crippen molar-refractivity contribution in [3.63, 3.8) is 0 Å². The van der Waals surface area contributed by atoms with E-state index in [-0.39, 0.29) is 6.61 Å². The summed E-state index contributed by atoms with van der Waals surface area (Å²) < 4.78 is 1.95. The molecule has 0 spiro atoms. The van der Waals surface area contributed by atoms with Gasteiger partial charge in [-0.1, -0.05) is 0 Å². The van der Waals surface area contributed by atoms with Crippen LogP contribution < -0.4 is 0 Å². The fourth-order valence-electron chi connectivity index (χ4n) is 4.37. The van der Waals surface area contributed by atoms with Crippen LogP contribution in [0.5, 0.6) is 0 Å². The number of aromatic nitrogens is 2. The molecule has 1 N–H and O–H groups in total. The van der Waals surface area contributed by atoms with Gasteiger partial charge in [-0.15, -0.1) is 0 Å². The Balaban J connectivity index is 1.67. The van der Waals surface area contributed by atoms with Crippen molar-refractivity contribution in [2.45, 2.75) is 52.2 Å². The largest absolute Gasteiger partial charge is 0.394 e. The Labute approximate surface area is 133 Å². The van der Waals surface area contributed by atoms with Crippen LogP contribution >= 0.6 is 0 Å². The van der Waals surface area contributed by atoms with Gasteiger partial charge in [0.15, 0.2) is 0 Å². The maximum absolute atomic E-state index is 9.14. The van der Waals surface area contributed by atoms with Crippen molar-refractivity contribution in [3.05, 3.63) is 17.0 Å². The van der Waals surface area contributed by atoms with E-state index in [4.69, 9.17) is 5.11 Å². The molecule has 0 saturated carbocycles. The van der Waals surface area contributed by atoms with Crippen LogP contribution in [0.15, 0.2) is 0 Å². The highest BCUT2D eigenvalue weighted by atomic mass is 16.3. The summed E-state index contributed by atoms with van der Waals surface area (Å²) in [7, 11) is 2.29. The molecule has 2 atom stereocenters. The van der Waals surface area contributed by atoms with E-state index in [0.29, 0.717) is 6.54 Å². The zero-order valence-corrected chi connectivity index (χ0v) is 14.3. The zero-order chi connectivity index (χ0) is 15.7. The third-order valence-corrected chi connectivity index (χ3v) is 5.65. The standard InChI is InChI=1S/C17H30N4O/c1-13-16(14(2)21(18-13)9-10-22)12-20-8-6-17-15(11-20)5-4-7-19(17)3/h15,17,22H,4-12H2,1-3H3. The second-order valence-electron chi connectivity index (χ2n) is 7.07. The topological polar surface area (TPSA) is 44.5 Å². The Morgan fingerprint density at radius 3 is 2.82 bits per heavy atom. The molecule has 2 aliphatic rings. The smallest absolute Gasteiger partial charge is 0.0644 e. The molecule has 5 heteroatoms. The van der Waals surface area contributed by atoms with Crippen molar-refractivity contribution in [2.24, 2.45) is 5.92 Å². The molecule has 0 aliphatic carbocycles. The third kappa shape index (κ3) is 3.07. The van der Waals surface area contributed by atoms with E-state index in [1.807, 2.05) is 4.68 Å². The number of fused-ring (bicyclic) bond motifs is 1. The Kier molecular flexibility index (Phi) is 4.85. The minimum absolute atomic E-state index is 0.154. The van der Waals surface area contributed by atoms with Crippen LogP contribution in [0, 0.1) is 19.8 Å². The van der Waals surface area contributed by atoms with Gasteiger partial charge in [0.2, 0.25) is 0 Å². The van der Waals surface area contributed by atoms with E-state index < -0.39 is 0 Å². The molecule has 2 aliphatic heterocycles. The van der Waals surface area contributed by atoms with Gasteiger partial charge in [-0.05, 0) is 59.2 Å². The molecule has 2 fully saturated rings. The summed E-state index contributed by atoms with van der Waals surface area (Å²) in [5.41, 5.74) is 3.69. The quantitative estimate of drug-likeness (QED) is 0.913. The molecule has 0 bridgehead atoms. The number of aryl methyl sites for hydroxylation is 1. The van der Waals surface area contributed by atoms with E-state index >= 15 is 0 Å². The number of hydrogen-bond acceptors (Lipinski definition) is 4. The summed E-state index contributed by atoms with van der Waals surface area (Å²) in [5, 5.41) is 13.7. The summed E-state index contributed by atoms with van der Waals surface area (Å²) in [4.78, 5) is 5.18. The van der Waals surface area contributed by atoms with E-state index in [0.717, 1.165) is 24.2 Å². The van der Waals surface area contributed by atoms with Crippen LogP contribution in [0.3, 0.4) is 0 Å². The molecule has 0 aromatic carbocycles. The average molecular weight is 306 g/mol. The first-order valence-corrected chi connectivity index (χ1v) is 8.66. The van der Waals surface area contributed by atoms with E-state index in [1.165, 1.54) is 50.2 Å². The van der Waals surface area contributed by atoms with E-state index in [1.54, 1.807) is 0 Å². The normalized spacial score (nSPS) is 27.1. The SMILES string of the molecule is Cc1nn(CCO)c(C)c1CN1CCC2C(CCCN2C)C1. The van der Waals surface area contributed by atoms with Crippen molar-refractivity contribution in [3.8, 4) is 0 Å². The first-order chi connectivity index (χ1) is 10.6. The molecule has 3 heterocycles. The summed E-state index contributed by atoms with van der Waals surface area (Å²) >= 11 is 0. The van der Waals surface area contributed by atoms with Gasteiger partial charge in [0, 0.05) is 30.4 Å². The number of aliphatic hydroxyl groups excluding tert-OH is 1. The summed E-state index contributed by atoms with van der Waals surface area (Å²) in [6, 6.07) is 0.796. The molecule has 0 amide bonds. The van der Waals surface area contributed by atoms with Crippen LogP contribution in [-0.2, 0) is 13.1 Å². The molecular weight excluding hydrogens is 276 g/mol. The molecule has 2 saturated heterocycles. The Bertz CT molecular complexity index is 513. The second-order valence-corrected chi connectivity index (χ2v) is 7.07. The van der Waals surface area contributed by atoms with Crippen molar-refractivity contribution in [2.75, 3.05) is 33.3 Å². The van der Waals surface area contributed by atoms with Crippen LogP contribution in [-0.4, -0.2) is 64.0 Å². The minimum Gasteiger partial charge on any atom is -0.394 e. The van der Waals surface area contributed by atoms with Crippen molar-refractivity contribution >= 4 is 0 Å². The van der Waals surface area contributed by atoms with E-state index in [9.17, 15) is 0 Å². The molecule has 5 nitrogen and oxygen atoms in total. The molecule has 1 aromatic rings. The Morgan fingerprint density at radius 1 is 1.23 bits per heavy atom. The van der Waals surface area contributed by atoms with Gasteiger partial charge in [-0.2, -0.15) is 5.10 Å². The lowest BCUT2D eigenvalue weighted by Gasteiger charge is -2.46. The van der Waals surface area contributed by atoms with Gasteiger partial charge in [0.1, 0.15) is 0 Å². The van der Waals surface area contributed by atoms with Crippen molar-refractivity contribution in [1.29, 1.82) is 0 Å². The first-order valence-electron chi connectivity index (χ1n) is 8.66. The van der Waals surface area contributed by atoms with Gasteiger partial charge in [-0.3, -0.25) is 9.58 Å². The predicted molar refractivity (Wildman–Crippen MR) is 87.8 cm³/mol. The molecular formula is C17H30N4O. The summed E-state index contributed by atoms with van der Waals surface area (Å²) in [6.45, 7) is 9.67. The molecule has 2 unspecified atom stereocenters. The number of nitrogens with zero attached hydrogens (tertiary/aromatic N) is 4. The number of rotatable bonds is 4. The fraction of sp³-hybridized carbons (Fsp3) is 0.824. The monoisotopic (exact) mass is 306 g/mol. The lowest BCUT2D eigenvalue weighted by molar-refractivity contribution is 0.0353. The number of aliphatic hydroxyl groups is 1. The molecule has 1 aromatic heterocycles. The Morgan fingerprint density at radius 2 is 2.05 bits per heavy atom. The van der Waals surface area contributed by atoms with Gasteiger partial charge in [0.25, 0.3) is 0 Å². The lowest BCUT2D eigenvalue weighted by Crippen LogP contribution is -2.52. The number of piperidine rings is 2. The Hall–Kier alpha value is -0.910. The van der Waals surface area contributed by atoms with Crippen LogP contribution in [0.4, 0.5) is 0 Å². The highest BCUT2D eigenvalue weighted by Gasteiger charge is 2.34. The average Bonchev–Trinajstić information content (AvgIpc) is 2.76. The summed E-state index contributed by atoms with van der Waals surface area (Å²) in [6.07, 6.45) is 4.02. The van der Waals surface area contributed by atoms with Gasteiger partial charge >= 0.3 is 0 Å². The summed E-state index contributed by atoms with van der Waals surface area (Å²) in [5.74, 6) is 0.834. The van der Waals surface area contributed by atoms with Crippen LogP contribution in [0.25, 0.3) is 0 Å². The maximum atomic E-state index is 9.14. The minimum atomic E-state index is 0.154. The highest BCUT2D eigenvalue weighted by Crippen LogP contribution is 2.30. The highest BCUT2D eigenvalue weighted by molar-refractivity contribution is 5.24. The number of hydrogen-bond donors (Lipinski definition) is 1. The van der Waals surface area contributed by atoms with Crippen LogP contribution in [0.1, 0.15) is 36.2 Å². The van der Waals surface area contributed by atoms with Crippen molar-refractivity contribution < 1.29 is 5.11 Å². The van der Waals surface area contributed by atoms with Crippen molar-refractivity contribution in [1.82, 2.24) is 19.6 Å². The molecule has 124 valence electrons. The van der Waals surface area contributed by atoms with Gasteiger partial charge in [-0.25, -0.2) is 0 Å². The number of likely N-dealkylation sites (tertiary alicyclic amines) is 2. The first kappa shape index (κ1) is 16.0. The third-order valence-electron chi connectivity index (χ3n) is 5.65. The maximum Gasteiger partial charge on any atom is 0.0644 e.